The Hall–Kier alpha value is -0.350. The Morgan fingerprint density at radius 3 is 2.30 bits per heavy atom. The van der Waals surface area contributed by atoms with Crippen molar-refractivity contribution in [3.05, 3.63) is 66.6 Å². The van der Waals surface area contributed by atoms with Crippen molar-refractivity contribution in [2.75, 3.05) is 7.05 Å². The van der Waals surface area contributed by atoms with E-state index in [-0.39, 0.29) is 6.04 Å². The molecule has 1 atom stereocenters. The van der Waals surface area contributed by atoms with Gasteiger partial charge in [-0.15, -0.1) is 0 Å². The van der Waals surface area contributed by atoms with Gasteiger partial charge in [0, 0.05) is 14.0 Å². The van der Waals surface area contributed by atoms with E-state index in [0.29, 0.717) is 0 Å². The molecule has 0 aliphatic rings. The van der Waals surface area contributed by atoms with Gasteiger partial charge in [-0.25, -0.2) is 0 Å². The maximum Gasteiger partial charge on any atom is 0.0585 e. The van der Waals surface area contributed by atoms with Crippen molar-refractivity contribution in [3.63, 3.8) is 0 Å². The second-order valence-electron chi connectivity index (χ2n) is 4.85. The van der Waals surface area contributed by atoms with E-state index < -0.39 is 0 Å². The Labute approximate surface area is 142 Å². The van der Waals surface area contributed by atoms with Gasteiger partial charge in [0.15, 0.2) is 0 Å². The Morgan fingerprint density at radius 1 is 1.00 bits per heavy atom. The normalized spacial score (nSPS) is 12.5. The lowest BCUT2D eigenvalue weighted by atomic mass is 9.97. The summed E-state index contributed by atoms with van der Waals surface area (Å²) in [4.78, 5) is 0. The molecule has 0 amide bonds. The van der Waals surface area contributed by atoms with E-state index in [1.165, 1.54) is 16.7 Å². The molecule has 2 aromatic rings. The van der Waals surface area contributed by atoms with Crippen LogP contribution in [0.4, 0.5) is 0 Å². The molecule has 2 aromatic carbocycles. The molecule has 0 aliphatic heterocycles. The lowest BCUT2D eigenvalue weighted by molar-refractivity contribution is 0.687. The minimum atomic E-state index is 0.122. The number of aryl methyl sites for hydroxylation is 2. The van der Waals surface area contributed by atoms with Crippen LogP contribution in [0.2, 0.25) is 5.02 Å². The van der Waals surface area contributed by atoms with E-state index in [1.807, 2.05) is 20.0 Å². The largest absolute Gasteiger partial charge is 0.309 e. The monoisotopic (exact) mass is 415 g/mol. The highest BCUT2D eigenvalue weighted by Gasteiger charge is 2.17. The van der Waals surface area contributed by atoms with E-state index in [4.69, 9.17) is 11.6 Å². The van der Waals surface area contributed by atoms with Crippen LogP contribution in [-0.2, 0) is 0 Å². The average Bonchev–Trinajstić information content (AvgIpc) is 2.40. The topological polar surface area (TPSA) is 12.0 Å². The summed E-state index contributed by atoms with van der Waals surface area (Å²) < 4.78 is 2.21. The van der Waals surface area contributed by atoms with Crippen molar-refractivity contribution < 1.29 is 0 Å². The molecule has 0 saturated heterocycles. The van der Waals surface area contributed by atoms with E-state index in [9.17, 15) is 0 Å². The van der Waals surface area contributed by atoms with Crippen molar-refractivity contribution in [3.8, 4) is 0 Å². The van der Waals surface area contributed by atoms with Crippen molar-refractivity contribution in [1.82, 2.24) is 5.32 Å². The number of benzene rings is 2. The molecule has 0 aromatic heterocycles. The average molecular weight is 418 g/mol. The van der Waals surface area contributed by atoms with Crippen molar-refractivity contribution in [2.45, 2.75) is 19.9 Å². The predicted molar refractivity (Wildman–Crippen MR) is 93.7 cm³/mol. The molecule has 0 radical (unpaired) electrons. The van der Waals surface area contributed by atoms with Gasteiger partial charge < -0.3 is 5.32 Å². The van der Waals surface area contributed by atoms with Crippen LogP contribution in [0.3, 0.4) is 0 Å². The van der Waals surface area contributed by atoms with Gasteiger partial charge in [0.25, 0.3) is 0 Å². The maximum absolute atomic E-state index is 6.11. The minimum absolute atomic E-state index is 0.122. The lowest BCUT2D eigenvalue weighted by Crippen LogP contribution is -2.18. The number of rotatable bonds is 3. The molecule has 4 heteroatoms. The quantitative estimate of drug-likeness (QED) is 0.666. The first-order valence-corrected chi connectivity index (χ1v) is 8.29. The zero-order chi connectivity index (χ0) is 14.9. The Morgan fingerprint density at radius 2 is 1.70 bits per heavy atom. The van der Waals surface area contributed by atoms with Gasteiger partial charge in [-0.3, -0.25) is 0 Å². The van der Waals surface area contributed by atoms with Gasteiger partial charge in [-0.1, -0.05) is 55.6 Å². The molecule has 0 bridgehead atoms. The first-order chi connectivity index (χ1) is 9.43. The summed E-state index contributed by atoms with van der Waals surface area (Å²) in [7, 11) is 1.97. The molecule has 0 aliphatic carbocycles. The highest BCUT2D eigenvalue weighted by Crippen LogP contribution is 2.33. The third kappa shape index (κ3) is 3.28. The van der Waals surface area contributed by atoms with Crippen LogP contribution < -0.4 is 5.32 Å². The minimum Gasteiger partial charge on any atom is -0.309 e. The van der Waals surface area contributed by atoms with E-state index in [1.54, 1.807) is 0 Å². The van der Waals surface area contributed by atoms with Gasteiger partial charge in [0.1, 0.15) is 0 Å². The zero-order valence-corrected chi connectivity index (χ0v) is 15.5. The van der Waals surface area contributed by atoms with Gasteiger partial charge in [-0.2, -0.15) is 0 Å². The third-order valence-corrected chi connectivity index (χ3v) is 5.36. The molecule has 0 spiro atoms. The van der Waals surface area contributed by atoms with Gasteiger partial charge >= 0.3 is 0 Å². The molecule has 0 heterocycles. The molecular formula is C16H16Br2ClN. The summed E-state index contributed by atoms with van der Waals surface area (Å²) in [6.45, 7) is 4.11. The fraction of sp³-hybridized carbons (Fsp3) is 0.250. The SMILES string of the molecule is CNC(c1ccc(Cl)c(C)c1)c1cc(Br)c(C)cc1Br. The molecule has 1 nitrogen and oxygen atoms in total. The summed E-state index contributed by atoms with van der Waals surface area (Å²) in [6.07, 6.45) is 0. The van der Waals surface area contributed by atoms with Crippen LogP contribution in [0.25, 0.3) is 0 Å². The van der Waals surface area contributed by atoms with Gasteiger partial charge in [0.05, 0.1) is 6.04 Å². The smallest absolute Gasteiger partial charge is 0.0585 e. The number of halogens is 3. The summed E-state index contributed by atoms with van der Waals surface area (Å²) in [5.74, 6) is 0. The van der Waals surface area contributed by atoms with Crippen molar-refractivity contribution in [2.24, 2.45) is 0 Å². The van der Waals surface area contributed by atoms with E-state index in [2.05, 4.69) is 68.4 Å². The summed E-state index contributed by atoms with van der Waals surface area (Å²) in [6, 6.07) is 10.6. The van der Waals surface area contributed by atoms with Crippen LogP contribution in [0.15, 0.2) is 39.3 Å². The first-order valence-electron chi connectivity index (χ1n) is 6.33. The number of nitrogens with one attached hydrogen (secondary N) is 1. The lowest BCUT2D eigenvalue weighted by Gasteiger charge is -2.20. The highest BCUT2D eigenvalue weighted by molar-refractivity contribution is 9.11. The maximum atomic E-state index is 6.11. The molecule has 106 valence electrons. The summed E-state index contributed by atoms with van der Waals surface area (Å²) in [5, 5.41) is 4.17. The Kier molecular flexibility index (Phi) is 5.30. The summed E-state index contributed by atoms with van der Waals surface area (Å²) in [5.41, 5.74) is 4.70. The van der Waals surface area contributed by atoms with Crippen LogP contribution in [-0.4, -0.2) is 7.05 Å². The third-order valence-electron chi connectivity index (χ3n) is 3.39. The molecule has 0 saturated carbocycles. The van der Waals surface area contributed by atoms with Crippen molar-refractivity contribution in [1.29, 1.82) is 0 Å². The van der Waals surface area contributed by atoms with Crippen molar-refractivity contribution >= 4 is 43.5 Å². The molecule has 2 rings (SSSR count). The zero-order valence-electron chi connectivity index (χ0n) is 11.6. The number of hydrogen-bond acceptors (Lipinski definition) is 1. The standard InChI is InChI=1S/C16H16Br2ClN/c1-9-7-14(18)12(8-13(9)17)16(20-3)11-4-5-15(19)10(2)6-11/h4-8,16,20H,1-3H3. The molecule has 0 fully saturated rings. The van der Waals surface area contributed by atoms with E-state index >= 15 is 0 Å². The predicted octanol–water partition coefficient (Wildman–Crippen LogP) is 5.79. The summed E-state index contributed by atoms with van der Waals surface area (Å²) >= 11 is 13.4. The molecule has 1 unspecified atom stereocenters. The van der Waals surface area contributed by atoms with Gasteiger partial charge in [0.2, 0.25) is 0 Å². The fourth-order valence-corrected chi connectivity index (χ4v) is 3.40. The molecule has 1 N–H and O–H groups in total. The van der Waals surface area contributed by atoms with Crippen LogP contribution >= 0.6 is 43.5 Å². The van der Waals surface area contributed by atoms with E-state index in [0.717, 1.165) is 19.5 Å². The van der Waals surface area contributed by atoms with Crippen LogP contribution in [0.1, 0.15) is 28.3 Å². The molecular weight excluding hydrogens is 401 g/mol. The Bertz CT molecular complexity index is 641. The second-order valence-corrected chi connectivity index (χ2v) is 6.97. The first kappa shape index (κ1) is 16.0. The van der Waals surface area contributed by atoms with Crippen LogP contribution in [0.5, 0.6) is 0 Å². The fourth-order valence-electron chi connectivity index (χ4n) is 2.23. The number of hydrogen-bond donors (Lipinski definition) is 1. The second kappa shape index (κ2) is 6.61. The molecule has 20 heavy (non-hydrogen) atoms. The highest BCUT2D eigenvalue weighted by atomic mass is 79.9. The van der Waals surface area contributed by atoms with Crippen LogP contribution in [0, 0.1) is 13.8 Å². The van der Waals surface area contributed by atoms with Gasteiger partial charge in [-0.05, 0) is 61.3 Å². The Balaban J connectivity index is 2.52.